The van der Waals surface area contributed by atoms with Crippen molar-refractivity contribution in [3.8, 4) is 0 Å². The predicted molar refractivity (Wildman–Crippen MR) is 53.3 cm³/mol. The van der Waals surface area contributed by atoms with Gasteiger partial charge < -0.3 is 0 Å². The second kappa shape index (κ2) is 5.11. The van der Waals surface area contributed by atoms with Gasteiger partial charge in [-0.15, -0.1) is 0 Å². The molecule has 0 unspecified atom stereocenters. The minimum atomic E-state index is -2.49. The molecule has 1 aromatic rings. The quantitative estimate of drug-likeness (QED) is 0.701. The van der Waals surface area contributed by atoms with Crippen LogP contribution in [0.25, 0.3) is 0 Å². The fraction of sp³-hybridized carbons (Fsp3) is 0.250. The summed E-state index contributed by atoms with van der Waals surface area (Å²) in [5.74, 6) is -0.161. The standard InChI is InChI=1S/C8H9O4S2/c9-13(10)5-7-2-1-3-8(4-7)6-14(11)12/h1-2,4,13-14H,5-6H2. The molecule has 0 spiro atoms. The van der Waals surface area contributed by atoms with Crippen molar-refractivity contribution in [1.29, 1.82) is 0 Å². The highest BCUT2D eigenvalue weighted by Crippen LogP contribution is 2.06. The Kier molecular flexibility index (Phi) is 4.09. The lowest BCUT2D eigenvalue weighted by molar-refractivity contribution is 0.613. The van der Waals surface area contributed by atoms with Gasteiger partial charge in [0.05, 0.1) is 11.5 Å². The molecule has 0 heterocycles. The summed E-state index contributed by atoms with van der Waals surface area (Å²) in [5, 5.41) is 0. The van der Waals surface area contributed by atoms with Gasteiger partial charge >= 0.3 is 0 Å². The Bertz CT molecular complexity index is 405. The highest BCUT2D eigenvalue weighted by molar-refractivity contribution is 7.71. The first kappa shape index (κ1) is 11.2. The van der Waals surface area contributed by atoms with Gasteiger partial charge in [0.2, 0.25) is 0 Å². The smallest absolute Gasteiger partial charge is 0.144 e. The average molecular weight is 233 g/mol. The second-order valence-corrected chi connectivity index (χ2v) is 4.67. The molecule has 0 amide bonds. The van der Waals surface area contributed by atoms with E-state index in [1.807, 2.05) is 0 Å². The molecule has 0 saturated heterocycles. The molecule has 0 aliphatic rings. The summed E-state index contributed by atoms with van der Waals surface area (Å²) >= 11 is 0. The first-order valence-corrected chi connectivity index (χ1v) is 6.53. The van der Waals surface area contributed by atoms with Crippen molar-refractivity contribution in [3.05, 3.63) is 35.4 Å². The van der Waals surface area contributed by atoms with Crippen LogP contribution in [0.1, 0.15) is 11.1 Å². The van der Waals surface area contributed by atoms with Crippen LogP contribution >= 0.6 is 0 Å². The molecule has 0 aliphatic heterocycles. The minimum absolute atomic E-state index is 0.0628. The highest BCUT2D eigenvalue weighted by Gasteiger charge is 1.98. The first-order valence-electron chi connectivity index (χ1n) is 3.81. The zero-order valence-electron chi connectivity index (χ0n) is 7.17. The van der Waals surface area contributed by atoms with Crippen LogP contribution in [-0.2, 0) is 32.9 Å². The van der Waals surface area contributed by atoms with Crippen LogP contribution in [0, 0.1) is 6.07 Å². The molecule has 77 valence electrons. The molecule has 0 aliphatic carbocycles. The van der Waals surface area contributed by atoms with Crippen molar-refractivity contribution in [2.75, 3.05) is 0 Å². The van der Waals surface area contributed by atoms with Crippen LogP contribution in [0.4, 0.5) is 0 Å². The molecule has 14 heavy (non-hydrogen) atoms. The summed E-state index contributed by atoms with van der Waals surface area (Å²) in [5.41, 5.74) is 1.09. The normalized spacial score (nSPS) is 11.0. The lowest BCUT2D eigenvalue weighted by atomic mass is 10.2. The zero-order chi connectivity index (χ0) is 10.6. The molecule has 0 atom stereocenters. The molecule has 4 nitrogen and oxygen atoms in total. The van der Waals surface area contributed by atoms with Gasteiger partial charge in [-0.05, 0) is 17.2 Å². The third kappa shape index (κ3) is 3.89. The molecule has 1 radical (unpaired) electrons. The molecule has 6 heteroatoms. The van der Waals surface area contributed by atoms with Gasteiger partial charge in [0, 0.05) is 0 Å². The summed E-state index contributed by atoms with van der Waals surface area (Å²) in [6, 6.07) is 7.40. The van der Waals surface area contributed by atoms with Crippen molar-refractivity contribution in [1.82, 2.24) is 0 Å². The van der Waals surface area contributed by atoms with Gasteiger partial charge in [-0.2, -0.15) is 0 Å². The molecular formula is C8H9O4S2. The molecule has 1 aromatic carbocycles. The SMILES string of the molecule is O=[SH](=O)Cc1[c]ccc(C[SH](=O)=O)c1. The number of hydrogen-bond donors (Lipinski definition) is 2. The van der Waals surface area contributed by atoms with Gasteiger partial charge in [0.15, 0.2) is 0 Å². The van der Waals surface area contributed by atoms with Crippen LogP contribution in [0.2, 0.25) is 0 Å². The third-order valence-corrected chi connectivity index (χ3v) is 2.76. The van der Waals surface area contributed by atoms with E-state index in [4.69, 9.17) is 0 Å². The highest BCUT2D eigenvalue weighted by atomic mass is 32.2. The van der Waals surface area contributed by atoms with Crippen molar-refractivity contribution >= 4 is 21.4 Å². The van der Waals surface area contributed by atoms with E-state index in [1.165, 1.54) is 12.1 Å². The topological polar surface area (TPSA) is 68.3 Å². The van der Waals surface area contributed by atoms with E-state index in [2.05, 4.69) is 6.07 Å². The van der Waals surface area contributed by atoms with Crippen molar-refractivity contribution in [2.45, 2.75) is 11.5 Å². The van der Waals surface area contributed by atoms with E-state index in [0.717, 1.165) is 0 Å². The largest absolute Gasteiger partial charge is 0.232 e. The first-order chi connectivity index (χ1) is 6.58. The maximum Gasteiger partial charge on any atom is 0.144 e. The Hall–Kier alpha value is -0.880. The molecule has 0 aromatic heterocycles. The van der Waals surface area contributed by atoms with Crippen molar-refractivity contribution in [3.63, 3.8) is 0 Å². The lowest BCUT2D eigenvalue weighted by Crippen LogP contribution is -1.91. The van der Waals surface area contributed by atoms with Crippen LogP contribution in [0.5, 0.6) is 0 Å². The number of benzene rings is 1. The number of thiol groups is 2. The Morgan fingerprint density at radius 3 is 2.29 bits per heavy atom. The molecule has 0 bridgehead atoms. The molecule has 1 rings (SSSR count). The third-order valence-electron chi connectivity index (χ3n) is 1.54. The van der Waals surface area contributed by atoms with Crippen LogP contribution in [0.15, 0.2) is 18.2 Å². The van der Waals surface area contributed by atoms with Gasteiger partial charge in [-0.3, -0.25) is 0 Å². The van der Waals surface area contributed by atoms with Crippen LogP contribution in [-0.4, -0.2) is 16.8 Å². The van der Waals surface area contributed by atoms with E-state index in [1.54, 1.807) is 6.07 Å². The molecule has 0 N–H and O–H groups in total. The maximum atomic E-state index is 10.4. The van der Waals surface area contributed by atoms with Gasteiger partial charge in [-0.1, -0.05) is 18.2 Å². The van der Waals surface area contributed by atoms with Gasteiger partial charge in [0.1, 0.15) is 21.4 Å². The number of rotatable bonds is 4. The van der Waals surface area contributed by atoms with E-state index < -0.39 is 21.4 Å². The average Bonchev–Trinajstić information content (AvgIpc) is 2.01. The fourth-order valence-electron chi connectivity index (χ4n) is 1.05. The van der Waals surface area contributed by atoms with E-state index in [0.29, 0.717) is 11.1 Å². The summed E-state index contributed by atoms with van der Waals surface area (Å²) in [6.07, 6.45) is 0. The summed E-state index contributed by atoms with van der Waals surface area (Å²) < 4.78 is 41.6. The molecular weight excluding hydrogens is 224 g/mol. The van der Waals surface area contributed by atoms with Gasteiger partial charge in [0.25, 0.3) is 0 Å². The molecule has 0 fully saturated rings. The Balaban J connectivity index is 2.88. The lowest BCUT2D eigenvalue weighted by Gasteiger charge is -1.97. The van der Waals surface area contributed by atoms with E-state index in [9.17, 15) is 16.8 Å². The van der Waals surface area contributed by atoms with Crippen LogP contribution in [0.3, 0.4) is 0 Å². The maximum absolute atomic E-state index is 10.4. The summed E-state index contributed by atoms with van der Waals surface area (Å²) in [6.45, 7) is 0. The van der Waals surface area contributed by atoms with Crippen LogP contribution < -0.4 is 0 Å². The summed E-state index contributed by atoms with van der Waals surface area (Å²) in [7, 11) is -4.97. The second-order valence-electron chi connectivity index (χ2n) is 2.70. The Morgan fingerprint density at radius 1 is 1.07 bits per heavy atom. The van der Waals surface area contributed by atoms with E-state index >= 15 is 0 Å². The Morgan fingerprint density at radius 2 is 1.71 bits per heavy atom. The van der Waals surface area contributed by atoms with E-state index in [-0.39, 0.29) is 11.5 Å². The fourth-order valence-corrected chi connectivity index (χ4v) is 2.00. The summed E-state index contributed by atoms with van der Waals surface area (Å²) in [4.78, 5) is 0. The molecule has 0 saturated carbocycles. The minimum Gasteiger partial charge on any atom is -0.232 e. The monoisotopic (exact) mass is 233 g/mol. The predicted octanol–water partition coefficient (Wildman–Crippen LogP) is -0.290. The Labute approximate surface area is 85.5 Å². The van der Waals surface area contributed by atoms with Crippen molar-refractivity contribution in [2.24, 2.45) is 0 Å². The van der Waals surface area contributed by atoms with Gasteiger partial charge in [-0.25, -0.2) is 16.8 Å². The van der Waals surface area contributed by atoms with Crippen molar-refractivity contribution < 1.29 is 16.8 Å². The zero-order valence-corrected chi connectivity index (χ0v) is 8.96. The number of hydrogen-bond acceptors (Lipinski definition) is 4.